The van der Waals surface area contributed by atoms with Gasteiger partial charge in [0.2, 0.25) is 0 Å². The summed E-state index contributed by atoms with van der Waals surface area (Å²) >= 11 is 0. The number of fused-ring (bicyclic) bond motifs is 1. The van der Waals surface area contributed by atoms with E-state index in [9.17, 15) is 0 Å². The molecule has 0 saturated carbocycles. The Kier molecular flexibility index (Phi) is 1.42. The van der Waals surface area contributed by atoms with Crippen molar-refractivity contribution in [2.75, 3.05) is 7.05 Å². The Labute approximate surface area is 67.0 Å². The Morgan fingerprint density at radius 2 is 2.18 bits per heavy atom. The summed E-state index contributed by atoms with van der Waals surface area (Å²) in [4.78, 5) is 2.13. The predicted molar refractivity (Wildman–Crippen MR) is 44.8 cm³/mol. The molecule has 1 heterocycles. The molecule has 0 saturated heterocycles. The monoisotopic (exact) mass is 144 g/mol. The van der Waals surface area contributed by atoms with E-state index in [-0.39, 0.29) is 0 Å². The summed E-state index contributed by atoms with van der Waals surface area (Å²) in [6.45, 7) is 1.00. The van der Waals surface area contributed by atoms with E-state index in [1.54, 1.807) is 0 Å². The van der Waals surface area contributed by atoms with Crippen molar-refractivity contribution in [3.8, 4) is 0 Å². The first-order valence-corrected chi connectivity index (χ1v) is 3.74. The quantitative estimate of drug-likeness (QED) is 0.536. The molecule has 2 rings (SSSR count). The van der Waals surface area contributed by atoms with Crippen LogP contribution in [-0.4, -0.2) is 11.9 Å². The van der Waals surface area contributed by atoms with Gasteiger partial charge in [-0.2, -0.15) is 0 Å². The van der Waals surface area contributed by atoms with Gasteiger partial charge in [-0.3, -0.25) is 0 Å². The minimum atomic E-state index is 1.00. The summed E-state index contributed by atoms with van der Waals surface area (Å²) in [5.41, 5.74) is 2.59. The van der Waals surface area contributed by atoms with Gasteiger partial charge in [0, 0.05) is 25.9 Å². The molecule has 0 fully saturated rings. The van der Waals surface area contributed by atoms with Crippen LogP contribution in [0.1, 0.15) is 11.1 Å². The van der Waals surface area contributed by atoms with Crippen molar-refractivity contribution in [2.45, 2.75) is 6.54 Å². The van der Waals surface area contributed by atoms with Crippen molar-refractivity contribution in [1.29, 1.82) is 0 Å². The van der Waals surface area contributed by atoms with Crippen LogP contribution in [0.15, 0.2) is 30.5 Å². The third-order valence-corrected chi connectivity index (χ3v) is 1.88. The lowest BCUT2D eigenvalue weighted by Gasteiger charge is -2.19. The summed E-state index contributed by atoms with van der Waals surface area (Å²) in [6.07, 6.45) is 5.20. The molecule has 0 atom stereocenters. The van der Waals surface area contributed by atoms with Crippen molar-refractivity contribution < 1.29 is 0 Å². The SMILES string of the molecule is CN1C=[C]c2ccccc2C1. The van der Waals surface area contributed by atoms with E-state index >= 15 is 0 Å². The van der Waals surface area contributed by atoms with E-state index in [4.69, 9.17) is 0 Å². The zero-order valence-electron chi connectivity index (χ0n) is 6.54. The molecular weight excluding hydrogens is 134 g/mol. The molecule has 11 heavy (non-hydrogen) atoms. The summed E-state index contributed by atoms with van der Waals surface area (Å²) < 4.78 is 0. The Balaban J connectivity index is 2.46. The van der Waals surface area contributed by atoms with Gasteiger partial charge in [-0.15, -0.1) is 0 Å². The van der Waals surface area contributed by atoms with Crippen LogP contribution in [0, 0.1) is 6.08 Å². The van der Waals surface area contributed by atoms with Gasteiger partial charge in [-0.05, 0) is 11.1 Å². The number of nitrogens with zero attached hydrogens (tertiary/aromatic N) is 1. The molecule has 1 aromatic rings. The Hall–Kier alpha value is -1.24. The van der Waals surface area contributed by atoms with Crippen LogP contribution < -0.4 is 0 Å². The fourth-order valence-electron chi connectivity index (χ4n) is 1.29. The smallest absolute Gasteiger partial charge is 0.0427 e. The standard InChI is InChI=1S/C10H10N/c1-11-7-6-9-4-2-3-5-10(9)8-11/h2-5,7H,8H2,1H3. The van der Waals surface area contributed by atoms with Gasteiger partial charge in [0.15, 0.2) is 0 Å². The molecule has 0 N–H and O–H groups in total. The normalized spacial score (nSPS) is 14.8. The molecule has 0 aliphatic carbocycles. The fourth-order valence-corrected chi connectivity index (χ4v) is 1.29. The van der Waals surface area contributed by atoms with Crippen molar-refractivity contribution in [1.82, 2.24) is 4.90 Å². The molecule has 0 spiro atoms. The predicted octanol–water partition coefficient (Wildman–Crippen LogP) is 1.80. The fraction of sp³-hybridized carbons (Fsp3) is 0.200. The van der Waals surface area contributed by atoms with Gasteiger partial charge < -0.3 is 4.90 Å². The van der Waals surface area contributed by atoms with Gasteiger partial charge in [0.25, 0.3) is 0 Å². The minimum absolute atomic E-state index is 1.00. The third-order valence-electron chi connectivity index (χ3n) is 1.88. The second kappa shape index (κ2) is 2.42. The molecule has 1 radical (unpaired) electrons. The van der Waals surface area contributed by atoms with Crippen LogP contribution in [0.25, 0.3) is 0 Å². The van der Waals surface area contributed by atoms with Crippen LogP contribution in [-0.2, 0) is 6.54 Å². The lowest BCUT2D eigenvalue weighted by molar-refractivity contribution is 0.440. The molecule has 0 aromatic heterocycles. The molecule has 0 amide bonds. The highest BCUT2D eigenvalue weighted by molar-refractivity contribution is 5.34. The van der Waals surface area contributed by atoms with Gasteiger partial charge in [0.05, 0.1) is 0 Å². The summed E-state index contributed by atoms with van der Waals surface area (Å²) in [6, 6.07) is 8.36. The first-order valence-electron chi connectivity index (χ1n) is 3.74. The molecule has 0 bridgehead atoms. The number of hydrogen-bond acceptors (Lipinski definition) is 1. The Morgan fingerprint density at radius 1 is 1.36 bits per heavy atom. The highest BCUT2D eigenvalue weighted by Gasteiger charge is 2.05. The summed E-state index contributed by atoms with van der Waals surface area (Å²) in [7, 11) is 2.06. The molecule has 55 valence electrons. The molecule has 1 aliphatic heterocycles. The van der Waals surface area contributed by atoms with Crippen LogP contribution in [0.3, 0.4) is 0 Å². The first-order chi connectivity index (χ1) is 5.36. The van der Waals surface area contributed by atoms with Gasteiger partial charge in [0.1, 0.15) is 0 Å². The highest BCUT2D eigenvalue weighted by atomic mass is 15.1. The third kappa shape index (κ3) is 1.14. The topological polar surface area (TPSA) is 3.24 Å². The Morgan fingerprint density at radius 3 is 3.09 bits per heavy atom. The number of benzene rings is 1. The molecule has 1 heteroatoms. The molecule has 0 unspecified atom stereocenters. The summed E-state index contributed by atoms with van der Waals surface area (Å²) in [5, 5.41) is 0. The maximum atomic E-state index is 3.21. The second-order valence-corrected chi connectivity index (χ2v) is 2.85. The van der Waals surface area contributed by atoms with Crippen molar-refractivity contribution in [3.63, 3.8) is 0 Å². The zero-order chi connectivity index (χ0) is 7.68. The van der Waals surface area contributed by atoms with Gasteiger partial charge in [-0.1, -0.05) is 24.3 Å². The number of rotatable bonds is 0. The molecule has 1 aromatic carbocycles. The zero-order valence-corrected chi connectivity index (χ0v) is 6.54. The highest BCUT2D eigenvalue weighted by Crippen LogP contribution is 2.15. The van der Waals surface area contributed by atoms with Gasteiger partial charge >= 0.3 is 0 Å². The van der Waals surface area contributed by atoms with E-state index in [1.807, 2.05) is 12.3 Å². The average molecular weight is 144 g/mol. The largest absolute Gasteiger partial charge is 0.376 e. The molecule has 1 nitrogen and oxygen atoms in total. The van der Waals surface area contributed by atoms with Crippen LogP contribution in [0.4, 0.5) is 0 Å². The van der Waals surface area contributed by atoms with Gasteiger partial charge in [-0.25, -0.2) is 0 Å². The van der Waals surface area contributed by atoms with E-state index in [1.165, 1.54) is 11.1 Å². The van der Waals surface area contributed by atoms with E-state index in [2.05, 4.69) is 36.2 Å². The van der Waals surface area contributed by atoms with E-state index < -0.39 is 0 Å². The first kappa shape index (κ1) is 6.47. The summed E-state index contributed by atoms with van der Waals surface area (Å²) in [5.74, 6) is 0. The number of hydrogen-bond donors (Lipinski definition) is 0. The molecular formula is C10H10N. The van der Waals surface area contributed by atoms with Crippen LogP contribution >= 0.6 is 0 Å². The van der Waals surface area contributed by atoms with Crippen molar-refractivity contribution in [3.05, 3.63) is 47.7 Å². The van der Waals surface area contributed by atoms with E-state index in [0.29, 0.717) is 0 Å². The van der Waals surface area contributed by atoms with Crippen LogP contribution in [0.2, 0.25) is 0 Å². The second-order valence-electron chi connectivity index (χ2n) is 2.85. The van der Waals surface area contributed by atoms with Crippen LogP contribution in [0.5, 0.6) is 0 Å². The Bertz CT molecular complexity index is 289. The average Bonchev–Trinajstić information content (AvgIpc) is 2.04. The molecule has 1 aliphatic rings. The maximum Gasteiger partial charge on any atom is 0.0427 e. The van der Waals surface area contributed by atoms with Crippen molar-refractivity contribution in [2.24, 2.45) is 0 Å². The van der Waals surface area contributed by atoms with Crippen molar-refractivity contribution >= 4 is 0 Å². The van der Waals surface area contributed by atoms with E-state index in [0.717, 1.165) is 6.54 Å². The lowest BCUT2D eigenvalue weighted by atomic mass is 10.1. The minimum Gasteiger partial charge on any atom is -0.376 e. The lowest BCUT2D eigenvalue weighted by Crippen LogP contribution is -2.14. The maximum absolute atomic E-state index is 3.21.